The molecule has 0 spiro atoms. The van der Waals surface area contributed by atoms with Crippen LogP contribution in [0.15, 0.2) is 12.3 Å². The van der Waals surface area contributed by atoms with Gasteiger partial charge in [-0.15, -0.1) is 0 Å². The van der Waals surface area contributed by atoms with E-state index in [1.54, 1.807) is 6.92 Å². The number of Topliss-reactive ketones (excluding diaryl/α,β-unsaturated/α-hetero) is 1. The number of aryl methyl sites for hydroxylation is 1. The SMILES string of the molecule is COCC(=O)Cc1ncc([N+](=O)[O-])cc1C. The maximum Gasteiger partial charge on any atom is 0.287 e. The summed E-state index contributed by atoms with van der Waals surface area (Å²) in [6.07, 6.45) is 1.29. The normalized spacial score (nSPS) is 10.1. The summed E-state index contributed by atoms with van der Waals surface area (Å²) in [6.45, 7) is 1.72. The minimum Gasteiger partial charge on any atom is -0.377 e. The van der Waals surface area contributed by atoms with E-state index in [1.165, 1.54) is 13.2 Å². The Labute approximate surface area is 92.4 Å². The average molecular weight is 224 g/mol. The van der Waals surface area contributed by atoms with Crippen molar-refractivity contribution in [2.75, 3.05) is 13.7 Å². The summed E-state index contributed by atoms with van der Waals surface area (Å²) >= 11 is 0. The molecule has 0 saturated heterocycles. The maximum atomic E-state index is 11.3. The van der Waals surface area contributed by atoms with Gasteiger partial charge in [-0.2, -0.15) is 0 Å². The number of carbonyl (C=O) groups is 1. The Bertz CT molecular complexity index is 417. The zero-order valence-corrected chi connectivity index (χ0v) is 9.10. The molecule has 0 aliphatic heterocycles. The topological polar surface area (TPSA) is 82.3 Å². The van der Waals surface area contributed by atoms with E-state index in [0.29, 0.717) is 11.3 Å². The third-order valence-corrected chi connectivity index (χ3v) is 2.05. The monoisotopic (exact) mass is 224 g/mol. The van der Waals surface area contributed by atoms with E-state index in [4.69, 9.17) is 4.74 Å². The number of ether oxygens (including phenoxy) is 1. The van der Waals surface area contributed by atoms with Crippen LogP contribution in [0.5, 0.6) is 0 Å². The molecule has 0 radical (unpaired) electrons. The first-order valence-corrected chi connectivity index (χ1v) is 4.65. The Morgan fingerprint density at radius 1 is 1.62 bits per heavy atom. The van der Waals surface area contributed by atoms with Gasteiger partial charge in [0.1, 0.15) is 12.8 Å². The Morgan fingerprint density at radius 2 is 2.31 bits per heavy atom. The maximum absolute atomic E-state index is 11.3. The van der Waals surface area contributed by atoms with Crippen molar-refractivity contribution in [2.24, 2.45) is 0 Å². The van der Waals surface area contributed by atoms with Crippen molar-refractivity contribution in [1.29, 1.82) is 0 Å². The number of hydrogen-bond donors (Lipinski definition) is 0. The highest BCUT2D eigenvalue weighted by molar-refractivity contribution is 5.81. The van der Waals surface area contributed by atoms with Crippen molar-refractivity contribution >= 4 is 11.5 Å². The molecule has 0 atom stereocenters. The molecule has 1 rings (SSSR count). The van der Waals surface area contributed by atoms with Crippen molar-refractivity contribution < 1.29 is 14.5 Å². The Morgan fingerprint density at radius 3 is 2.81 bits per heavy atom. The van der Waals surface area contributed by atoms with Crippen LogP contribution in [0.3, 0.4) is 0 Å². The second-order valence-corrected chi connectivity index (χ2v) is 3.36. The lowest BCUT2D eigenvalue weighted by atomic mass is 10.1. The molecule has 0 fully saturated rings. The lowest BCUT2D eigenvalue weighted by Gasteiger charge is -2.03. The molecule has 16 heavy (non-hydrogen) atoms. The molecule has 0 aliphatic rings. The highest BCUT2D eigenvalue weighted by atomic mass is 16.6. The Balaban J connectivity index is 2.83. The predicted molar refractivity (Wildman–Crippen MR) is 56.2 cm³/mol. The second-order valence-electron chi connectivity index (χ2n) is 3.36. The zero-order chi connectivity index (χ0) is 12.1. The van der Waals surface area contributed by atoms with E-state index < -0.39 is 4.92 Å². The number of carbonyl (C=O) groups excluding carboxylic acids is 1. The van der Waals surface area contributed by atoms with Crippen molar-refractivity contribution in [2.45, 2.75) is 13.3 Å². The molecule has 1 heterocycles. The van der Waals surface area contributed by atoms with Crippen LogP contribution in [-0.2, 0) is 16.0 Å². The number of ketones is 1. The van der Waals surface area contributed by atoms with Crippen LogP contribution < -0.4 is 0 Å². The third-order valence-electron chi connectivity index (χ3n) is 2.05. The Kier molecular flexibility index (Phi) is 4.07. The quantitative estimate of drug-likeness (QED) is 0.551. The summed E-state index contributed by atoms with van der Waals surface area (Å²) in [7, 11) is 1.44. The number of hydrogen-bond acceptors (Lipinski definition) is 5. The first-order chi connectivity index (χ1) is 7.54. The van der Waals surface area contributed by atoms with E-state index in [-0.39, 0.29) is 24.5 Å². The van der Waals surface area contributed by atoms with Crippen molar-refractivity contribution in [3.63, 3.8) is 0 Å². The van der Waals surface area contributed by atoms with Crippen LogP contribution in [0.1, 0.15) is 11.3 Å². The summed E-state index contributed by atoms with van der Waals surface area (Å²) in [5.74, 6) is -0.105. The molecule has 0 aliphatic carbocycles. The smallest absolute Gasteiger partial charge is 0.287 e. The van der Waals surface area contributed by atoms with Crippen LogP contribution in [-0.4, -0.2) is 29.4 Å². The molecule has 1 aromatic heterocycles. The van der Waals surface area contributed by atoms with Gasteiger partial charge in [-0.25, -0.2) is 0 Å². The minimum absolute atomic E-state index is 0.0259. The molecule has 1 aromatic rings. The number of pyridine rings is 1. The van der Waals surface area contributed by atoms with Crippen LogP contribution >= 0.6 is 0 Å². The second kappa shape index (κ2) is 5.32. The van der Waals surface area contributed by atoms with Crippen molar-refractivity contribution in [3.8, 4) is 0 Å². The number of aromatic nitrogens is 1. The number of rotatable bonds is 5. The average Bonchev–Trinajstić information content (AvgIpc) is 2.21. The molecule has 0 bridgehead atoms. The largest absolute Gasteiger partial charge is 0.377 e. The standard InChI is InChI=1S/C10H12N2O4/c1-7-3-8(12(14)15)5-11-10(7)4-9(13)6-16-2/h3,5H,4,6H2,1-2H3. The van der Waals surface area contributed by atoms with E-state index in [0.717, 1.165) is 6.20 Å². The van der Waals surface area contributed by atoms with Gasteiger partial charge in [-0.05, 0) is 12.5 Å². The van der Waals surface area contributed by atoms with Crippen LogP contribution in [0.4, 0.5) is 5.69 Å². The zero-order valence-electron chi connectivity index (χ0n) is 9.10. The van der Waals surface area contributed by atoms with Gasteiger partial charge in [0.15, 0.2) is 5.78 Å². The minimum atomic E-state index is -0.513. The first-order valence-electron chi connectivity index (χ1n) is 4.65. The third kappa shape index (κ3) is 3.09. The molecule has 6 heteroatoms. The first kappa shape index (κ1) is 12.3. The summed E-state index contributed by atoms with van der Waals surface area (Å²) in [6, 6.07) is 1.41. The molecular formula is C10H12N2O4. The lowest BCUT2D eigenvalue weighted by molar-refractivity contribution is -0.385. The highest BCUT2D eigenvalue weighted by Gasteiger charge is 2.12. The van der Waals surface area contributed by atoms with Gasteiger partial charge < -0.3 is 4.74 Å². The summed E-state index contributed by atoms with van der Waals surface area (Å²) in [5.41, 5.74) is 1.12. The molecule has 0 N–H and O–H groups in total. The van der Waals surface area contributed by atoms with Crippen LogP contribution in [0, 0.1) is 17.0 Å². The summed E-state index contributed by atoms with van der Waals surface area (Å²) in [5, 5.41) is 10.5. The summed E-state index contributed by atoms with van der Waals surface area (Å²) < 4.78 is 4.69. The number of methoxy groups -OCH3 is 1. The van der Waals surface area contributed by atoms with Gasteiger partial charge in [0, 0.05) is 13.2 Å². The van der Waals surface area contributed by atoms with Gasteiger partial charge in [0.25, 0.3) is 5.69 Å². The molecule has 0 aromatic carbocycles. The fourth-order valence-electron chi connectivity index (χ4n) is 1.27. The van der Waals surface area contributed by atoms with Gasteiger partial charge in [-0.3, -0.25) is 19.9 Å². The molecule has 86 valence electrons. The lowest BCUT2D eigenvalue weighted by Crippen LogP contribution is -2.12. The summed E-state index contributed by atoms with van der Waals surface area (Å²) in [4.78, 5) is 25.1. The van der Waals surface area contributed by atoms with Gasteiger partial charge in [-0.1, -0.05) is 0 Å². The Hall–Kier alpha value is -1.82. The van der Waals surface area contributed by atoms with Gasteiger partial charge >= 0.3 is 0 Å². The molecular weight excluding hydrogens is 212 g/mol. The molecule has 0 unspecified atom stereocenters. The van der Waals surface area contributed by atoms with Gasteiger partial charge in [0.2, 0.25) is 0 Å². The fraction of sp³-hybridized carbons (Fsp3) is 0.400. The molecule has 0 amide bonds. The molecule has 6 nitrogen and oxygen atoms in total. The van der Waals surface area contributed by atoms with E-state index >= 15 is 0 Å². The van der Waals surface area contributed by atoms with Gasteiger partial charge in [0.05, 0.1) is 17.0 Å². The van der Waals surface area contributed by atoms with E-state index in [1.807, 2.05) is 0 Å². The van der Waals surface area contributed by atoms with Crippen molar-refractivity contribution in [1.82, 2.24) is 4.98 Å². The molecule has 0 saturated carbocycles. The van der Waals surface area contributed by atoms with Crippen LogP contribution in [0.2, 0.25) is 0 Å². The van der Waals surface area contributed by atoms with Crippen molar-refractivity contribution in [3.05, 3.63) is 33.6 Å². The predicted octanol–water partition coefficient (Wildman–Crippen LogP) is 1.06. The van der Waals surface area contributed by atoms with E-state index in [9.17, 15) is 14.9 Å². The number of nitro groups is 1. The fourth-order valence-corrected chi connectivity index (χ4v) is 1.27. The van der Waals surface area contributed by atoms with Crippen LogP contribution in [0.25, 0.3) is 0 Å². The number of nitrogens with zero attached hydrogens (tertiary/aromatic N) is 2. The highest BCUT2D eigenvalue weighted by Crippen LogP contribution is 2.14. The van der Waals surface area contributed by atoms with E-state index in [2.05, 4.69) is 4.98 Å².